The van der Waals surface area contributed by atoms with Crippen molar-refractivity contribution >= 4 is 5.97 Å². The molecule has 0 saturated heterocycles. The molecule has 3 N–H and O–H groups in total. The second kappa shape index (κ2) is 19.8. The van der Waals surface area contributed by atoms with Crippen LogP contribution in [0, 0.1) is 0 Å². The van der Waals surface area contributed by atoms with E-state index in [2.05, 4.69) is 30.4 Å². The van der Waals surface area contributed by atoms with Gasteiger partial charge in [-0.15, -0.1) is 0 Å². The van der Waals surface area contributed by atoms with E-state index in [9.17, 15) is 9.90 Å². The summed E-state index contributed by atoms with van der Waals surface area (Å²) in [4.78, 5) is 11.4. The molecule has 0 aliphatic rings. The first-order valence-electron chi connectivity index (χ1n) is 10.0. The van der Waals surface area contributed by atoms with Crippen LogP contribution in [-0.4, -0.2) is 46.7 Å². The molecule has 0 amide bonds. The van der Waals surface area contributed by atoms with Gasteiger partial charge >= 0.3 is 5.97 Å². The third-order valence-electron chi connectivity index (χ3n) is 3.77. The largest absolute Gasteiger partial charge is 0.457 e. The first-order valence-corrected chi connectivity index (χ1v) is 10.0. The van der Waals surface area contributed by atoms with Crippen molar-refractivity contribution in [2.24, 2.45) is 0 Å². The maximum atomic E-state index is 11.4. The summed E-state index contributed by atoms with van der Waals surface area (Å²) < 4.78 is 4.88. The number of unbranched alkanes of at least 4 members (excludes halogenated alkanes) is 1. The van der Waals surface area contributed by atoms with Crippen LogP contribution in [0.15, 0.2) is 60.8 Å². The van der Waals surface area contributed by atoms with Gasteiger partial charge in [0.15, 0.2) is 0 Å². The second-order valence-corrected chi connectivity index (χ2v) is 6.28. The number of esters is 1. The fourth-order valence-electron chi connectivity index (χ4n) is 2.06. The van der Waals surface area contributed by atoms with Gasteiger partial charge in [-0.1, -0.05) is 67.7 Å². The standard InChI is InChI=1S/C23H36O5/c1-2-21(26)17-15-13-11-9-7-5-3-4-6-8-10-12-14-16-18-23(27)28-22(19-24)20-25/h4-7,10-13,15,17,21-22,24-26H,2-3,8-9,14,16,18-20H2,1H3/b6-4-,7-5-,12-10-,13-11-,17-15+/t21-/m1/s1. The zero-order valence-corrected chi connectivity index (χ0v) is 17.0. The first-order chi connectivity index (χ1) is 13.6. The van der Waals surface area contributed by atoms with Crippen LogP contribution in [0.5, 0.6) is 0 Å². The molecule has 0 aromatic heterocycles. The monoisotopic (exact) mass is 392 g/mol. The molecular formula is C23H36O5. The van der Waals surface area contributed by atoms with Gasteiger partial charge in [0.2, 0.25) is 0 Å². The number of hydrogen-bond acceptors (Lipinski definition) is 5. The Hall–Kier alpha value is -1.95. The van der Waals surface area contributed by atoms with Crippen LogP contribution >= 0.6 is 0 Å². The molecule has 0 aliphatic carbocycles. The molecule has 1 atom stereocenters. The van der Waals surface area contributed by atoms with Crippen LogP contribution in [0.4, 0.5) is 0 Å². The van der Waals surface area contributed by atoms with Crippen LogP contribution in [0.1, 0.15) is 51.9 Å². The number of aliphatic hydroxyl groups excluding tert-OH is 3. The number of allylic oxidation sites excluding steroid dienone is 9. The Kier molecular flexibility index (Phi) is 18.4. The summed E-state index contributed by atoms with van der Waals surface area (Å²) in [5, 5.41) is 27.0. The molecule has 158 valence electrons. The SMILES string of the molecule is CC[C@@H](O)/C=C/C=C\C/C=C\C/C=C\C/C=C\CCCC(=O)OC(CO)CO. The zero-order chi connectivity index (χ0) is 20.9. The Labute approximate surface area is 169 Å². The highest BCUT2D eigenvalue weighted by Gasteiger charge is 2.11. The fourth-order valence-corrected chi connectivity index (χ4v) is 2.06. The molecule has 5 nitrogen and oxygen atoms in total. The quantitative estimate of drug-likeness (QED) is 0.161. The van der Waals surface area contributed by atoms with Crippen molar-refractivity contribution in [3.63, 3.8) is 0 Å². The van der Waals surface area contributed by atoms with Gasteiger partial charge in [-0.05, 0) is 38.5 Å². The second-order valence-electron chi connectivity index (χ2n) is 6.28. The van der Waals surface area contributed by atoms with Gasteiger partial charge in [-0.25, -0.2) is 0 Å². The van der Waals surface area contributed by atoms with Crippen molar-refractivity contribution in [3.05, 3.63) is 60.8 Å². The minimum Gasteiger partial charge on any atom is -0.457 e. The van der Waals surface area contributed by atoms with Gasteiger partial charge in [0.25, 0.3) is 0 Å². The summed E-state index contributed by atoms with van der Waals surface area (Å²) in [5.41, 5.74) is 0. The molecular weight excluding hydrogens is 356 g/mol. The predicted molar refractivity (Wildman–Crippen MR) is 114 cm³/mol. The number of carbonyl (C=O) groups is 1. The summed E-state index contributed by atoms with van der Waals surface area (Å²) in [7, 11) is 0. The highest BCUT2D eigenvalue weighted by molar-refractivity contribution is 5.69. The normalized spacial score (nSPS) is 13.9. The summed E-state index contributed by atoms with van der Waals surface area (Å²) in [5.74, 6) is -0.391. The molecule has 0 saturated carbocycles. The van der Waals surface area contributed by atoms with Crippen LogP contribution < -0.4 is 0 Å². The van der Waals surface area contributed by atoms with E-state index < -0.39 is 12.1 Å². The molecule has 0 fully saturated rings. The molecule has 0 heterocycles. The molecule has 0 unspecified atom stereocenters. The van der Waals surface area contributed by atoms with Gasteiger partial charge < -0.3 is 20.1 Å². The predicted octanol–water partition coefficient (Wildman–Crippen LogP) is 3.78. The lowest BCUT2D eigenvalue weighted by atomic mass is 10.2. The van der Waals surface area contributed by atoms with E-state index in [1.54, 1.807) is 6.08 Å². The van der Waals surface area contributed by atoms with Gasteiger partial charge in [-0.3, -0.25) is 4.79 Å². The highest BCUT2D eigenvalue weighted by atomic mass is 16.6. The molecule has 0 aromatic carbocycles. The van der Waals surface area contributed by atoms with Gasteiger partial charge in [0.1, 0.15) is 6.10 Å². The Balaban J connectivity index is 3.64. The molecule has 0 rings (SSSR count). The summed E-state index contributed by atoms with van der Waals surface area (Å²) >= 11 is 0. The third kappa shape index (κ3) is 17.5. The molecule has 0 spiro atoms. The number of hydrogen-bond donors (Lipinski definition) is 3. The lowest BCUT2D eigenvalue weighted by Gasteiger charge is -2.11. The van der Waals surface area contributed by atoms with Crippen LogP contribution in [0.3, 0.4) is 0 Å². The van der Waals surface area contributed by atoms with E-state index in [1.165, 1.54) is 0 Å². The van der Waals surface area contributed by atoms with Crippen molar-refractivity contribution in [3.8, 4) is 0 Å². The van der Waals surface area contributed by atoms with Gasteiger partial charge in [0, 0.05) is 6.42 Å². The van der Waals surface area contributed by atoms with Crippen molar-refractivity contribution < 1.29 is 24.9 Å². The maximum Gasteiger partial charge on any atom is 0.306 e. The average molecular weight is 393 g/mol. The topological polar surface area (TPSA) is 87.0 Å². The maximum absolute atomic E-state index is 11.4. The molecule has 0 radical (unpaired) electrons. The minimum atomic E-state index is -0.810. The van der Waals surface area contributed by atoms with Gasteiger partial charge in [-0.2, -0.15) is 0 Å². The number of ether oxygens (including phenoxy) is 1. The van der Waals surface area contributed by atoms with E-state index >= 15 is 0 Å². The first kappa shape index (κ1) is 26.1. The van der Waals surface area contributed by atoms with E-state index in [0.717, 1.165) is 32.1 Å². The van der Waals surface area contributed by atoms with Crippen LogP contribution in [-0.2, 0) is 9.53 Å². The van der Waals surface area contributed by atoms with Gasteiger partial charge in [0.05, 0.1) is 19.3 Å². The van der Waals surface area contributed by atoms with Crippen molar-refractivity contribution in [2.45, 2.75) is 64.1 Å². The fraction of sp³-hybridized carbons (Fsp3) is 0.522. The Bertz CT molecular complexity index is 513. The van der Waals surface area contributed by atoms with E-state index in [0.29, 0.717) is 6.42 Å². The molecule has 0 aromatic rings. The van der Waals surface area contributed by atoms with Crippen LogP contribution in [0.2, 0.25) is 0 Å². The molecule has 0 aliphatic heterocycles. The summed E-state index contributed by atoms with van der Waals surface area (Å²) in [6, 6.07) is 0. The summed E-state index contributed by atoms with van der Waals surface area (Å²) in [6.07, 6.45) is 24.2. The zero-order valence-electron chi connectivity index (χ0n) is 17.0. The third-order valence-corrected chi connectivity index (χ3v) is 3.77. The van der Waals surface area contributed by atoms with Crippen LogP contribution in [0.25, 0.3) is 0 Å². The van der Waals surface area contributed by atoms with E-state index in [1.807, 2.05) is 31.2 Å². The number of aliphatic hydroxyl groups is 3. The van der Waals surface area contributed by atoms with Crippen molar-refractivity contribution in [1.29, 1.82) is 0 Å². The van der Waals surface area contributed by atoms with E-state index in [-0.39, 0.29) is 25.7 Å². The smallest absolute Gasteiger partial charge is 0.306 e. The average Bonchev–Trinajstić information content (AvgIpc) is 2.71. The number of carbonyl (C=O) groups excluding carboxylic acids is 1. The Morgan fingerprint density at radius 1 is 0.893 bits per heavy atom. The number of rotatable bonds is 16. The molecule has 5 heteroatoms. The Morgan fingerprint density at radius 2 is 1.46 bits per heavy atom. The lowest BCUT2D eigenvalue weighted by molar-refractivity contribution is -0.153. The summed E-state index contributed by atoms with van der Waals surface area (Å²) in [6.45, 7) is 1.22. The minimum absolute atomic E-state index is 0.283. The highest BCUT2D eigenvalue weighted by Crippen LogP contribution is 2.02. The van der Waals surface area contributed by atoms with E-state index in [4.69, 9.17) is 14.9 Å². The Morgan fingerprint density at radius 3 is 2.04 bits per heavy atom. The molecule has 0 bridgehead atoms. The van der Waals surface area contributed by atoms with Crippen molar-refractivity contribution in [2.75, 3.05) is 13.2 Å². The van der Waals surface area contributed by atoms with Crippen molar-refractivity contribution in [1.82, 2.24) is 0 Å². The lowest BCUT2D eigenvalue weighted by Crippen LogP contribution is -2.25. The molecule has 28 heavy (non-hydrogen) atoms.